The largest absolute Gasteiger partial charge is 0.350 e. The Kier molecular flexibility index (Phi) is 6.25. The highest BCUT2D eigenvalue weighted by atomic mass is 32.2. The summed E-state index contributed by atoms with van der Waals surface area (Å²) in [6.45, 7) is 2.55. The number of nitrogens with zero attached hydrogens (tertiary/aromatic N) is 1. The third-order valence-electron chi connectivity index (χ3n) is 3.95. The van der Waals surface area contributed by atoms with E-state index in [-0.39, 0.29) is 11.9 Å². The Morgan fingerprint density at radius 3 is 2.48 bits per heavy atom. The van der Waals surface area contributed by atoms with Crippen LogP contribution < -0.4 is 5.32 Å². The normalized spacial score (nSPS) is 12.2. The van der Waals surface area contributed by atoms with E-state index in [4.69, 9.17) is 0 Å². The van der Waals surface area contributed by atoms with Crippen LogP contribution in [-0.4, -0.2) is 37.7 Å². The highest BCUT2D eigenvalue weighted by Gasteiger charge is 2.16. The van der Waals surface area contributed by atoms with E-state index in [1.807, 2.05) is 63.7 Å². The number of aryl methyl sites for hydroxylation is 1. The van der Waals surface area contributed by atoms with Crippen molar-refractivity contribution < 1.29 is 4.79 Å². The second kappa shape index (κ2) is 8.18. The molecule has 0 aromatic heterocycles. The molecule has 4 heteroatoms. The molecule has 0 heterocycles. The van der Waals surface area contributed by atoms with Crippen molar-refractivity contribution in [3.63, 3.8) is 0 Å². The molecule has 2 aromatic rings. The Labute approximate surface area is 143 Å². The van der Waals surface area contributed by atoms with Crippen LogP contribution in [0.1, 0.15) is 27.5 Å². The fourth-order valence-corrected chi connectivity index (χ4v) is 2.97. The van der Waals surface area contributed by atoms with Crippen molar-refractivity contribution in [2.45, 2.75) is 17.9 Å². The maximum atomic E-state index is 12.6. The number of nitrogens with one attached hydrogen (secondary N) is 1. The Bertz CT molecular complexity index is 656. The lowest BCUT2D eigenvalue weighted by molar-refractivity contribution is 0.0941. The van der Waals surface area contributed by atoms with E-state index in [1.165, 1.54) is 5.56 Å². The first-order chi connectivity index (χ1) is 11.0. The standard InChI is InChI=1S/C19H24N2OS/c1-14-10-11-16(23-4)12-17(14)19(22)20-13-18(21(2)3)15-8-6-5-7-9-15/h5-12,18H,13H2,1-4H3,(H,20,22). The van der Waals surface area contributed by atoms with Crippen LogP contribution in [0, 0.1) is 6.92 Å². The lowest BCUT2D eigenvalue weighted by Gasteiger charge is -2.25. The number of likely N-dealkylation sites (N-methyl/N-ethyl adjacent to an activating group) is 1. The van der Waals surface area contributed by atoms with Crippen molar-refractivity contribution in [3.8, 4) is 0 Å². The molecular weight excluding hydrogens is 304 g/mol. The lowest BCUT2D eigenvalue weighted by atomic mass is 10.1. The molecule has 2 rings (SSSR count). The SMILES string of the molecule is CSc1ccc(C)c(C(=O)NCC(c2ccccc2)N(C)C)c1. The summed E-state index contributed by atoms with van der Waals surface area (Å²) in [7, 11) is 4.06. The number of amides is 1. The quantitative estimate of drug-likeness (QED) is 0.820. The summed E-state index contributed by atoms with van der Waals surface area (Å²) in [6.07, 6.45) is 2.02. The van der Waals surface area contributed by atoms with E-state index >= 15 is 0 Å². The van der Waals surface area contributed by atoms with Crippen molar-refractivity contribution in [3.05, 3.63) is 65.2 Å². The average Bonchev–Trinajstić information content (AvgIpc) is 2.56. The van der Waals surface area contributed by atoms with Crippen molar-refractivity contribution in [1.82, 2.24) is 10.2 Å². The molecule has 0 radical (unpaired) electrons. The zero-order valence-electron chi connectivity index (χ0n) is 14.2. The van der Waals surface area contributed by atoms with E-state index in [9.17, 15) is 4.79 Å². The van der Waals surface area contributed by atoms with Crippen LogP contribution in [0.15, 0.2) is 53.4 Å². The molecule has 3 nitrogen and oxygen atoms in total. The van der Waals surface area contributed by atoms with Gasteiger partial charge in [0.05, 0.1) is 6.04 Å². The van der Waals surface area contributed by atoms with Crippen LogP contribution in [0.25, 0.3) is 0 Å². The Hall–Kier alpha value is -1.78. The Balaban J connectivity index is 2.11. The maximum absolute atomic E-state index is 12.6. The summed E-state index contributed by atoms with van der Waals surface area (Å²) in [4.78, 5) is 15.8. The van der Waals surface area contributed by atoms with Crippen LogP contribution >= 0.6 is 11.8 Å². The molecule has 0 saturated heterocycles. The number of benzene rings is 2. The summed E-state index contributed by atoms with van der Waals surface area (Å²) in [5.41, 5.74) is 2.95. The predicted octanol–water partition coefficient (Wildman–Crippen LogP) is 3.75. The van der Waals surface area contributed by atoms with E-state index in [1.54, 1.807) is 11.8 Å². The fraction of sp³-hybridized carbons (Fsp3) is 0.316. The van der Waals surface area contributed by atoms with Crippen LogP contribution in [-0.2, 0) is 0 Å². The van der Waals surface area contributed by atoms with Gasteiger partial charge in [0, 0.05) is 17.0 Å². The van der Waals surface area contributed by atoms with E-state index in [0.717, 1.165) is 16.0 Å². The van der Waals surface area contributed by atoms with Crippen LogP contribution in [0.3, 0.4) is 0 Å². The third kappa shape index (κ3) is 4.60. The van der Waals surface area contributed by atoms with Gasteiger partial charge in [-0.25, -0.2) is 0 Å². The predicted molar refractivity (Wildman–Crippen MR) is 98.2 cm³/mol. The van der Waals surface area contributed by atoms with Gasteiger partial charge in [0.15, 0.2) is 0 Å². The maximum Gasteiger partial charge on any atom is 0.251 e. The smallest absolute Gasteiger partial charge is 0.251 e. The minimum Gasteiger partial charge on any atom is -0.350 e. The third-order valence-corrected chi connectivity index (χ3v) is 4.68. The van der Waals surface area contributed by atoms with E-state index < -0.39 is 0 Å². The number of hydrogen-bond acceptors (Lipinski definition) is 3. The number of carbonyl (C=O) groups is 1. The number of carbonyl (C=O) groups excluding carboxylic acids is 1. The first kappa shape index (κ1) is 17.6. The van der Waals surface area contributed by atoms with Crippen molar-refractivity contribution in [2.24, 2.45) is 0 Å². The zero-order chi connectivity index (χ0) is 16.8. The molecular formula is C19H24N2OS. The molecule has 23 heavy (non-hydrogen) atoms. The molecule has 2 aromatic carbocycles. The van der Waals surface area contributed by atoms with Gasteiger partial charge in [0.1, 0.15) is 0 Å². The molecule has 0 spiro atoms. The number of rotatable bonds is 6. The van der Waals surface area contributed by atoms with Gasteiger partial charge in [0.25, 0.3) is 5.91 Å². The van der Waals surface area contributed by atoms with Gasteiger partial charge in [-0.05, 0) is 50.5 Å². The van der Waals surface area contributed by atoms with Gasteiger partial charge in [-0.15, -0.1) is 11.8 Å². The summed E-state index contributed by atoms with van der Waals surface area (Å²) in [5.74, 6) is -0.0128. The highest BCUT2D eigenvalue weighted by molar-refractivity contribution is 7.98. The molecule has 1 atom stereocenters. The topological polar surface area (TPSA) is 32.3 Å². The first-order valence-electron chi connectivity index (χ1n) is 7.67. The number of hydrogen-bond donors (Lipinski definition) is 1. The molecule has 0 bridgehead atoms. The Morgan fingerprint density at radius 2 is 1.87 bits per heavy atom. The molecule has 0 fully saturated rings. The van der Waals surface area contributed by atoms with Crippen LogP contribution in [0.4, 0.5) is 0 Å². The first-order valence-corrected chi connectivity index (χ1v) is 8.89. The molecule has 0 saturated carbocycles. The molecule has 0 aliphatic rings. The zero-order valence-corrected chi connectivity index (χ0v) is 15.0. The van der Waals surface area contributed by atoms with Crippen molar-refractivity contribution >= 4 is 17.7 Å². The minimum absolute atomic E-state index is 0.0128. The van der Waals surface area contributed by atoms with Gasteiger partial charge in [-0.2, -0.15) is 0 Å². The van der Waals surface area contributed by atoms with Crippen molar-refractivity contribution in [1.29, 1.82) is 0 Å². The van der Waals surface area contributed by atoms with Crippen molar-refractivity contribution in [2.75, 3.05) is 26.9 Å². The summed E-state index contributed by atoms with van der Waals surface area (Å²) in [6, 6.07) is 16.4. The van der Waals surface area contributed by atoms with E-state index in [0.29, 0.717) is 6.54 Å². The molecule has 1 N–H and O–H groups in total. The fourth-order valence-electron chi connectivity index (χ4n) is 2.53. The molecule has 0 aliphatic carbocycles. The van der Waals surface area contributed by atoms with Gasteiger partial charge in [-0.1, -0.05) is 36.4 Å². The van der Waals surface area contributed by atoms with Crippen LogP contribution in [0.2, 0.25) is 0 Å². The molecule has 1 amide bonds. The van der Waals surface area contributed by atoms with Gasteiger partial charge in [0.2, 0.25) is 0 Å². The van der Waals surface area contributed by atoms with Gasteiger partial charge < -0.3 is 10.2 Å². The second-order valence-corrected chi connectivity index (χ2v) is 6.66. The number of thioether (sulfide) groups is 1. The van der Waals surface area contributed by atoms with Crippen LogP contribution in [0.5, 0.6) is 0 Å². The van der Waals surface area contributed by atoms with Gasteiger partial charge >= 0.3 is 0 Å². The summed E-state index contributed by atoms with van der Waals surface area (Å²) in [5, 5.41) is 3.08. The monoisotopic (exact) mass is 328 g/mol. The second-order valence-electron chi connectivity index (χ2n) is 5.78. The minimum atomic E-state index is -0.0128. The van der Waals surface area contributed by atoms with E-state index in [2.05, 4.69) is 22.3 Å². The lowest BCUT2D eigenvalue weighted by Crippen LogP contribution is -2.34. The molecule has 0 aliphatic heterocycles. The summed E-state index contributed by atoms with van der Waals surface area (Å²) >= 11 is 1.65. The molecule has 122 valence electrons. The summed E-state index contributed by atoms with van der Waals surface area (Å²) < 4.78 is 0. The van der Waals surface area contributed by atoms with Gasteiger partial charge in [-0.3, -0.25) is 4.79 Å². The average molecular weight is 328 g/mol. The highest BCUT2D eigenvalue weighted by Crippen LogP contribution is 2.20. The Morgan fingerprint density at radius 1 is 1.17 bits per heavy atom. The molecule has 1 unspecified atom stereocenters.